The third-order valence-corrected chi connectivity index (χ3v) is 2.61. The Hall–Kier alpha value is -1.75. The largest absolute Gasteiger partial charge is 0.491 e. The molecule has 0 radical (unpaired) electrons. The van der Waals surface area contributed by atoms with E-state index in [1.54, 1.807) is 18.2 Å². The van der Waals surface area contributed by atoms with Crippen molar-refractivity contribution in [2.24, 2.45) is 5.73 Å². The third kappa shape index (κ3) is 4.25. The molecule has 0 bridgehead atoms. The molecule has 100 valence electrons. The molecule has 0 aromatic heterocycles. The maximum Gasteiger partial charge on any atom is 0.252 e. The van der Waals surface area contributed by atoms with Crippen LogP contribution in [-0.2, 0) is 0 Å². The van der Waals surface area contributed by atoms with Gasteiger partial charge in [-0.1, -0.05) is 12.5 Å². The molecule has 0 saturated heterocycles. The second-order valence-corrected chi connectivity index (χ2v) is 4.07. The highest BCUT2D eigenvalue weighted by molar-refractivity contribution is 5.97. The number of amides is 1. The topological polar surface area (TPSA) is 98.6 Å². The fraction of sp³-hybridized carbons (Fsp3) is 0.462. The minimum Gasteiger partial charge on any atom is -0.491 e. The van der Waals surface area contributed by atoms with Crippen molar-refractivity contribution in [2.45, 2.75) is 25.7 Å². The summed E-state index contributed by atoms with van der Waals surface area (Å²) in [4.78, 5) is 11.2. The van der Waals surface area contributed by atoms with Gasteiger partial charge in [0.05, 0.1) is 17.9 Å². The number of para-hydroxylation sites is 1. The van der Waals surface area contributed by atoms with Crippen molar-refractivity contribution in [2.75, 3.05) is 18.9 Å². The first-order valence-electron chi connectivity index (χ1n) is 6.08. The molecular formula is C13H20N2O3. The van der Waals surface area contributed by atoms with Gasteiger partial charge >= 0.3 is 0 Å². The smallest absolute Gasteiger partial charge is 0.252 e. The van der Waals surface area contributed by atoms with E-state index in [0.29, 0.717) is 23.6 Å². The van der Waals surface area contributed by atoms with E-state index in [0.717, 1.165) is 25.7 Å². The summed E-state index contributed by atoms with van der Waals surface area (Å²) >= 11 is 0. The molecule has 0 spiro atoms. The van der Waals surface area contributed by atoms with E-state index >= 15 is 0 Å². The van der Waals surface area contributed by atoms with Crippen LogP contribution >= 0.6 is 0 Å². The first-order chi connectivity index (χ1) is 8.66. The molecule has 1 rings (SSSR count). The Kier molecular flexibility index (Phi) is 6.00. The van der Waals surface area contributed by atoms with Gasteiger partial charge in [-0.25, -0.2) is 0 Å². The summed E-state index contributed by atoms with van der Waals surface area (Å²) < 4.78 is 5.52. The Bertz CT molecular complexity index is 394. The Morgan fingerprint density at radius 2 is 1.94 bits per heavy atom. The molecule has 1 aromatic carbocycles. The van der Waals surface area contributed by atoms with E-state index in [9.17, 15) is 4.79 Å². The van der Waals surface area contributed by atoms with Crippen molar-refractivity contribution >= 4 is 11.6 Å². The number of nitrogen functional groups attached to an aromatic ring is 1. The molecule has 0 heterocycles. The van der Waals surface area contributed by atoms with E-state index in [2.05, 4.69) is 0 Å². The first-order valence-corrected chi connectivity index (χ1v) is 6.08. The van der Waals surface area contributed by atoms with Crippen molar-refractivity contribution in [3.63, 3.8) is 0 Å². The van der Waals surface area contributed by atoms with Crippen molar-refractivity contribution < 1.29 is 14.6 Å². The van der Waals surface area contributed by atoms with Gasteiger partial charge in [0.2, 0.25) is 0 Å². The van der Waals surface area contributed by atoms with Crippen molar-refractivity contribution in [3.05, 3.63) is 23.8 Å². The van der Waals surface area contributed by atoms with Gasteiger partial charge in [0.25, 0.3) is 5.91 Å². The van der Waals surface area contributed by atoms with Crippen molar-refractivity contribution in [1.82, 2.24) is 0 Å². The van der Waals surface area contributed by atoms with Gasteiger partial charge in [-0.15, -0.1) is 0 Å². The molecule has 1 amide bonds. The fourth-order valence-electron chi connectivity index (χ4n) is 1.65. The molecule has 0 aliphatic rings. The summed E-state index contributed by atoms with van der Waals surface area (Å²) in [5, 5.41) is 8.64. The van der Waals surface area contributed by atoms with Crippen LogP contribution in [0, 0.1) is 0 Å². The number of hydrogen-bond donors (Lipinski definition) is 3. The highest BCUT2D eigenvalue weighted by Crippen LogP contribution is 2.26. The number of benzene rings is 1. The highest BCUT2D eigenvalue weighted by Gasteiger charge is 2.11. The van der Waals surface area contributed by atoms with Gasteiger partial charge in [-0.3, -0.25) is 4.79 Å². The maximum atomic E-state index is 11.2. The molecule has 1 aromatic rings. The normalized spacial score (nSPS) is 10.3. The van der Waals surface area contributed by atoms with Crippen LogP contribution in [0.2, 0.25) is 0 Å². The predicted molar refractivity (Wildman–Crippen MR) is 70.4 cm³/mol. The lowest BCUT2D eigenvalue weighted by Gasteiger charge is -2.11. The summed E-state index contributed by atoms with van der Waals surface area (Å²) in [6.45, 7) is 0.707. The molecule has 0 fully saturated rings. The third-order valence-electron chi connectivity index (χ3n) is 2.61. The van der Waals surface area contributed by atoms with Gasteiger partial charge in [0, 0.05) is 6.61 Å². The number of ether oxygens (including phenoxy) is 1. The number of aliphatic hydroxyl groups excluding tert-OH is 1. The Labute approximate surface area is 107 Å². The number of hydrogen-bond acceptors (Lipinski definition) is 4. The quantitative estimate of drug-likeness (QED) is 0.479. The van der Waals surface area contributed by atoms with Crippen LogP contribution in [0.5, 0.6) is 5.75 Å². The summed E-state index contributed by atoms with van der Waals surface area (Å²) in [6.07, 6.45) is 3.60. The van der Waals surface area contributed by atoms with Gasteiger partial charge in [-0.2, -0.15) is 0 Å². The van der Waals surface area contributed by atoms with Gasteiger partial charge in [0.1, 0.15) is 0 Å². The number of carbonyl (C=O) groups is 1. The zero-order chi connectivity index (χ0) is 13.4. The molecule has 5 nitrogen and oxygen atoms in total. The number of aliphatic hydroxyl groups is 1. The molecule has 0 saturated carbocycles. The van der Waals surface area contributed by atoms with Crippen molar-refractivity contribution in [1.29, 1.82) is 0 Å². The lowest BCUT2D eigenvalue weighted by molar-refractivity contribution is 0.0996. The first kappa shape index (κ1) is 14.3. The van der Waals surface area contributed by atoms with Crippen LogP contribution < -0.4 is 16.2 Å². The summed E-state index contributed by atoms with van der Waals surface area (Å²) in [5.74, 6) is -0.176. The van der Waals surface area contributed by atoms with Crippen LogP contribution in [0.15, 0.2) is 18.2 Å². The SMILES string of the molecule is NC(=O)c1cccc(N)c1OCCCCCCO. The average molecular weight is 252 g/mol. The second-order valence-electron chi connectivity index (χ2n) is 4.07. The second kappa shape index (κ2) is 7.55. The molecule has 0 aliphatic heterocycles. The molecule has 5 heteroatoms. The minimum absolute atomic E-state index is 0.221. The molecular weight excluding hydrogens is 232 g/mol. The van der Waals surface area contributed by atoms with E-state index < -0.39 is 5.91 Å². The van der Waals surface area contributed by atoms with Crippen LogP contribution in [0.3, 0.4) is 0 Å². The number of primary amides is 1. The summed E-state index contributed by atoms with van der Waals surface area (Å²) in [5.41, 5.74) is 11.7. The minimum atomic E-state index is -0.544. The number of unbranched alkanes of at least 4 members (excludes halogenated alkanes) is 3. The maximum absolute atomic E-state index is 11.2. The Morgan fingerprint density at radius 3 is 2.61 bits per heavy atom. The van der Waals surface area contributed by atoms with E-state index in [1.807, 2.05) is 0 Å². The number of rotatable bonds is 8. The van der Waals surface area contributed by atoms with Crippen LogP contribution in [0.4, 0.5) is 5.69 Å². The molecule has 0 unspecified atom stereocenters. The lowest BCUT2D eigenvalue weighted by atomic mass is 10.1. The van der Waals surface area contributed by atoms with Crippen molar-refractivity contribution in [3.8, 4) is 5.75 Å². The number of anilines is 1. The standard InChI is InChI=1S/C13H20N2O3/c14-11-7-5-6-10(13(15)17)12(11)18-9-4-2-1-3-8-16/h5-7,16H,1-4,8-9,14H2,(H2,15,17). The Morgan fingerprint density at radius 1 is 1.22 bits per heavy atom. The van der Waals surface area contributed by atoms with Crippen LogP contribution in [0.1, 0.15) is 36.0 Å². The monoisotopic (exact) mass is 252 g/mol. The zero-order valence-electron chi connectivity index (χ0n) is 10.4. The highest BCUT2D eigenvalue weighted by atomic mass is 16.5. The predicted octanol–water partition coefficient (Wildman–Crippen LogP) is 1.30. The molecule has 0 aliphatic carbocycles. The number of carbonyl (C=O) groups excluding carboxylic acids is 1. The Balaban J connectivity index is 2.48. The van der Waals surface area contributed by atoms with Gasteiger partial charge < -0.3 is 21.3 Å². The summed E-state index contributed by atoms with van der Waals surface area (Å²) in [7, 11) is 0. The van der Waals surface area contributed by atoms with Crippen LogP contribution in [-0.4, -0.2) is 24.2 Å². The summed E-state index contributed by atoms with van der Waals surface area (Å²) in [6, 6.07) is 4.94. The van der Waals surface area contributed by atoms with Crippen LogP contribution in [0.25, 0.3) is 0 Å². The van der Waals surface area contributed by atoms with E-state index in [1.165, 1.54) is 0 Å². The molecule has 18 heavy (non-hydrogen) atoms. The average Bonchev–Trinajstić information content (AvgIpc) is 2.34. The fourth-order valence-corrected chi connectivity index (χ4v) is 1.65. The lowest BCUT2D eigenvalue weighted by Crippen LogP contribution is -2.14. The molecule has 0 atom stereocenters. The zero-order valence-corrected chi connectivity index (χ0v) is 10.4. The van der Waals surface area contributed by atoms with E-state index in [-0.39, 0.29) is 6.61 Å². The van der Waals surface area contributed by atoms with E-state index in [4.69, 9.17) is 21.3 Å². The van der Waals surface area contributed by atoms with Gasteiger partial charge in [-0.05, 0) is 31.4 Å². The van der Waals surface area contributed by atoms with Gasteiger partial charge in [0.15, 0.2) is 5.75 Å². The number of nitrogens with two attached hydrogens (primary N) is 2. The molecule has 5 N–H and O–H groups in total.